The molecule has 2 amide bonds. The maximum Gasteiger partial charge on any atom is 0.410 e. The summed E-state index contributed by atoms with van der Waals surface area (Å²) in [5.74, 6) is 0.483. The molecule has 3 aromatic heterocycles. The minimum absolute atomic E-state index is 0.147. The van der Waals surface area contributed by atoms with Gasteiger partial charge in [-0.15, -0.1) is 5.10 Å². The van der Waals surface area contributed by atoms with Crippen molar-refractivity contribution in [1.29, 1.82) is 0 Å². The number of hydrogen-bond acceptors (Lipinski definition) is 12. The van der Waals surface area contributed by atoms with Gasteiger partial charge >= 0.3 is 6.09 Å². The maximum absolute atomic E-state index is 13.6. The van der Waals surface area contributed by atoms with Crippen LogP contribution in [0.15, 0.2) is 61.3 Å². The van der Waals surface area contributed by atoms with Gasteiger partial charge in [0.25, 0.3) is 5.91 Å². The molecule has 1 saturated heterocycles. The summed E-state index contributed by atoms with van der Waals surface area (Å²) in [6.07, 6.45) is 8.06. The van der Waals surface area contributed by atoms with Crippen LogP contribution in [0.1, 0.15) is 50.1 Å². The van der Waals surface area contributed by atoms with Gasteiger partial charge in [0, 0.05) is 50.0 Å². The molecule has 1 fully saturated rings. The first-order valence-corrected chi connectivity index (χ1v) is 17.0. The van der Waals surface area contributed by atoms with Gasteiger partial charge in [0.2, 0.25) is 0 Å². The van der Waals surface area contributed by atoms with Gasteiger partial charge in [-0.25, -0.2) is 19.4 Å². The average molecular weight is 714 g/mol. The van der Waals surface area contributed by atoms with Crippen molar-refractivity contribution in [3.05, 3.63) is 67.0 Å². The third kappa shape index (κ3) is 8.81. The lowest BCUT2D eigenvalue weighted by Crippen LogP contribution is -2.42. The number of carbonyl (C=O) groups excluding carboxylic acids is 2. The maximum atomic E-state index is 13.6. The van der Waals surface area contributed by atoms with Crippen molar-refractivity contribution in [3.8, 4) is 28.4 Å². The lowest BCUT2D eigenvalue weighted by Gasteiger charge is -2.33. The van der Waals surface area contributed by atoms with Crippen molar-refractivity contribution >= 4 is 28.6 Å². The molecule has 16 heteroatoms. The Morgan fingerprint density at radius 2 is 1.65 bits per heavy atom. The Balaban J connectivity index is 1.13. The Morgan fingerprint density at radius 3 is 2.37 bits per heavy atom. The number of benzene rings is 2. The number of aromatic nitrogens is 7. The summed E-state index contributed by atoms with van der Waals surface area (Å²) < 4.78 is 31.1. The Morgan fingerprint density at radius 1 is 0.923 bits per heavy atom. The Labute approximate surface area is 301 Å². The molecule has 0 aliphatic carbocycles. The van der Waals surface area contributed by atoms with Gasteiger partial charge in [-0.1, -0.05) is 17.3 Å². The van der Waals surface area contributed by atoms with Gasteiger partial charge in [0.1, 0.15) is 42.2 Å². The Hall–Kier alpha value is -5.61. The quantitative estimate of drug-likeness (QED) is 0.163. The summed E-state index contributed by atoms with van der Waals surface area (Å²) in [6, 6.07) is 10.9. The molecule has 0 bridgehead atoms. The van der Waals surface area contributed by atoms with Gasteiger partial charge in [-0.2, -0.15) is 5.10 Å². The van der Waals surface area contributed by atoms with Crippen LogP contribution in [0, 0.1) is 0 Å². The van der Waals surface area contributed by atoms with Crippen LogP contribution in [0.25, 0.3) is 27.8 Å². The molecule has 0 atom stereocenters. The molecule has 1 N–H and O–H groups in total. The first-order valence-electron chi connectivity index (χ1n) is 17.0. The monoisotopic (exact) mass is 713 g/mol. The number of ether oxygens (including phenoxy) is 5. The second-order valence-electron chi connectivity index (χ2n) is 13.2. The van der Waals surface area contributed by atoms with E-state index in [2.05, 4.69) is 30.7 Å². The molecule has 4 heterocycles. The molecule has 2 aromatic carbocycles. The zero-order valence-corrected chi connectivity index (χ0v) is 29.9. The second kappa shape index (κ2) is 16.2. The minimum Gasteiger partial charge on any atom is -0.487 e. The van der Waals surface area contributed by atoms with Crippen molar-refractivity contribution in [2.45, 2.75) is 45.3 Å². The van der Waals surface area contributed by atoms with E-state index in [0.29, 0.717) is 66.7 Å². The van der Waals surface area contributed by atoms with Crippen LogP contribution in [-0.2, 0) is 14.2 Å². The number of methoxy groups -OCH3 is 2. The Bertz CT molecular complexity index is 2000. The highest BCUT2D eigenvalue weighted by Crippen LogP contribution is 2.33. The fraction of sp³-hybridized carbons (Fsp3) is 0.417. The predicted molar refractivity (Wildman–Crippen MR) is 191 cm³/mol. The summed E-state index contributed by atoms with van der Waals surface area (Å²) in [6.45, 7) is 8.16. The van der Waals surface area contributed by atoms with Gasteiger partial charge in [-0.05, 0) is 51.8 Å². The highest BCUT2D eigenvalue weighted by atomic mass is 16.6. The molecule has 0 radical (unpaired) electrons. The fourth-order valence-corrected chi connectivity index (χ4v) is 5.69. The SMILES string of the molecule is COCCOc1cc2ncnc(C(=O)Nc3cccc(-c4cn(-c5cnn(C6CCN(C(=O)OC(C)(C)C)CC6)c5)nn4)c3)c2cc1OCCOC. The normalized spacial score (nSPS) is 13.7. The lowest BCUT2D eigenvalue weighted by molar-refractivity contribution is 0.0184. The number of piperidine rings is 1. The van der Waals surface area contributed by atoms with Crippen LogP contribution in [0.5, 0.6) is 11.5 Å². The number of likely N-dealkylation sites (tertiary alicyclic amines) is 1. The molecule has 52 heavy (non-hydrogen) atoms. The predicted octanol–water partition coefficient (Wildman–Crippen LogP) is 4.95. The van der Waals surface area contributed by atoms with Gasteiger partial charge in [-0.3, -0.25) is 9.48 Å². The van der Waals surface area contributed by atoms with E-state index in [9.17, 15) is 9.59 Å². The number of rotatable bonds is 13. The van der Waals surface area contributed by atoms with Gasteiger partial charge in [0.15, 0.2) is 11.5 Å². The second-order valence-corrected chi connectivity index (χ2v) is 13.2. The summed E-state index contributed by atoms with van der Waals surface area (Å²) in [7, 11) is 3.18. The van der Waals surface area contributed by atoms with E-state index < -0.39 is 11.5 Å². The van der Waals surface area contributed by atoms with Gasteiger partial charge < -0.3 is 33.9 Å². The largest absolute Gasteiger partial charge is 0.487 e. The van der Waals surface area contributed by atoms with Gasteiger partial charge in [0.05, 0.1) is 43.4 Å². The van der Waals surface area contributed by atoms with Crippen LogP contribution in [-0.4, -0.2) is 111 Å². The van der Waals surface area contributed by atoms with Crippen LogP contribution >= 0.6 is 0 Å². The van der Waals surface area contributed by atoms with Crippen molar-refractivity contribution < 1.29 is 33.3 Å². The van der Waals surface area contributed by atoms with E-state index in [1.165, 1.54) is 6.33 Å². The summed E-state index contributed by atoms with van der Waals surface area (Å²) in [5, 5.41) is 16.7. The molecule has 0 saturated carbocycles. The third-order valence-electron chi connectivity index (χ3n) is 8.26. The van der Waals surface area contributed by atoms with Crippen molar-refractivity contribution in [3.63, 3.8) is 0 Å². The molecule has 0 unspecified atom stereocenters. The average Bonchev–Trinajstić information content (AvgIpc) is 3.82. The molecule has 5 aromatic rings. The number of nitrogens with zero attached hydrogens (tertiary/aromatic N) is 8. The molecule has 1 aliphatic rings. The smallest absolute Gasteiger partial charge is 0.410 e. The summed E-state index contributed by atoms with van der Waals surface area (Å²) in [4.78, 5) is 36.5. The van der Waals surface area contributed by atoms with Crippen LogP contribution in [0.4, 0.5) is 10.5 Å². The molecule has 0 spiro atoms. The molecular weight excluding hydrogens is 670 g/mol. The topological polar surface area (TPSA) is 170 Å². The van der Waals surface area contributed by atoms with Crippen LogP contribution < -0.4 is 14.8 Å². The van der Waals surface area contributed by atoms with Crippen molar-refractivity contribution in [2.24, 2.45) is 0 Å². The first-order chi connectivity index (χ1) is 25.1. The Kier molecular flexibility index (Phi) is 11.2. The van der Waals surface area contributed by atoms with Crippen LogP contribution in [0.2, 0.25) is 0 Å². The molecule has 1 aliphatic heterocycles. The van der Waals surface area contributed by atoms with E-state index in [4.69, 9.17) is 23.7 Å². The zero-order chi connectivity index (χ0) is 36.7. The van der Waals surface area contributed by atoms with E-state index in [0.717, 1.165) is 24.1 Å². The fourth-order valence-electron chi connectivity index (χ4n) is 5.69. The number of nitrogens with one attached hydrogen (secondary N) is 1. The molecule has 274 valence electrons. The van der Waals surface area contributed by atoms with E-state index in [-0.39, 0.29) is 24.4 Å². The zero-order valence-electron chi connectivity index (χ0n) is 29.9. The van der Waals surface area contributed by atoms with E-state index in [1.54, 1.807) is 48.2 Å². The summed E-state index contributed by atoms with van der Waals surface area (Å²) in [5.41, 5.74) is 2.84. The lowest BCUT2D eigenvalue weighted by atomic mass is 10.1. The van der Waals surface area contributed by atoms with E-state index in [1.807, 2.05) is 56.0 Å². The number of amides is 2. The number of fused-ring (bicyclic) bond motifs is 1. The number of hydrogen-bond donors (Lipinski definition) is 1. The van der Waals surface area contributed by atoms with Crippen molar-refractivity contribution in [2.75, 3.05) is 59.1 Å². The summed E-state index contributed by atoms with van der Waals surface area (Å²) >= 11 is 0. The highest BCUT2D eigenvalue weighted by molar-refractivity contribution is 6.11. The highest BCUT2D eigenvalue weighted by Gasteiger charge is 2.28. The standard InChI is InChI=1S/C36H43N9O7/c1-36(2,3)52-35(47)43-11-9-26(10-12-43)44-21-27(20-39-44)45-22-30(41-42-45)24-7-6-8-25(17-24)40-34(46)33-28-18-31(50-15-13-48-4)32(51-16-14-49-5)19-29(28)37-23-38-33/h6-8,17-23,26H,9-16H2,1-5H3,(H,40,46). The molecule has 6 rings (SSSR count). The minimum atomic E-state index is -0.527. The number of anilines is 1. The molecule has 16 nitrogen and oxygen atoms in total. The first kappa shape index (κ1) is 36.2. The third-order valence-corrected chi connectivity index (χ3v) is 8.26. The number of carbonyl (C=O) groups is 2. The van der Waals surface area contributed by atoms with Crippen molar-refractivity contribution in [1.82, 2.24) is 39.6 Å². The molecular formula is C36H43N9O7. The van der Waals surface area contributed by atoms with Crippen LogP contribution in [0.3, 0.4) is 0 Å². The van der Waals surface area contributed by atoms with E-state index >= 15 is 0 Å².